The van der Waals surface area contributed by atoms with E-state index < -0.39 is 28.5 Å². The summed E-state index contributed by atoms with van der Waals surface area (Å²) in [4.78, 5) is 28.6. The fourth-order valence-corrected chi connectivity index (χ4v) is 5.98. The molecular formula is C30H35Cl2N3O4S. The molecule has 10 heteroatoms. The molecule has 214 valence electrons. The van der Waals surface area contributed by atoms with Crippen LogP contribution in [0.4, 0.5) is 5.69 Å². The molecule has 0 spiro atoms. The monoisotopic (exact) mass is 603 g/mol. The molecule has 0 aliphatic carbocycles. The molecule has 0 aliphatic heterocycles. The van der Waals surface area contributed by atoms with Crippen LogP contribution < -0.4 is 9.62 Å². The molecule has 0 saturated heterocycles. The number of anilines is 1. The van der Waals surface area contributed by atoms with E-state index in [1.807, 2.05) is 33.8 Å². The Morgan fingerprint density at radius 2 is 1.52 bits per heavy atom. The van der Waals surface area contributed by atoms with Gasteiger partial charge in [0.15, 0.2) is 0 Å². The summed E-state index contributed by atoms with van der Waals surface area (Å²) < 4.78 is 28.8. The van der Waals surface area contributed by atoms with Crippen LogP contribution in [0.5, 0.6) is 0 Å². The molecule has 0 unspecified atom stereocenters. The standard InChI is InChI=1S/C30H35Cl2N3O4S/c1-6-22(4)33-30(37)23(5)34(18-26-27(31)13-10-14-28(26)32)29(36)19-35(24-16-15-20(2)21(3)17-24)40(38,39)25-11-8-7-9-12-25/h7-17,22-23H,6,18-19H2,1-5H3,(H,33,37)/t22-,23+/m1/s1. The van der Waals surface area contributed by atoms with E-state index in [0.717, 1.165) is 15.4 Å². The van der Waals surface area contributed by atoms with Crippen LogP contribution in [0, 0.1) is 13.8 Å². The molecule has 3 aromatic carbocycles. The lowest BCUT2D eigenvalue weighted by Crippen LogP contribution is -2.52. The summed E-state index contributed by atoms with van der Waals surface area (Å²) in [7, 11) is -4.14. The number of rotatable bonds is 11. The van der Waals surface area contributed by atoms with Crippen LogP contribution in [0.3, 0.4) is 0 Å². The van der Waals surface area contributed by atoms with Crippen molar-refractivity contribution in [2.75, 3.05) is 10.8 Å². The third kappa shape index (κ3) is 7.36. The minimum atomic E-state index is -4.14. The molecule has 40 heavy (non-hydrogen) atoms. The summed E-state index contributed by atoms with van der Waals surface area (Å²) in [5.41, 5.74) is 2.66. The van der Waals surface area contributed by atoms with Crippen molar-refractivity contribution >= 4 is 50.7 Å². The molecule has 0 bridgehead atoms. The van der Waals surface area contributed by atoms with Crippen LogP contribution in [-0.2, 0) is 26.2 Å². The molecule has 2 amide bonds. The van der Waals surface area contributed by atoms with Crippen LogP contribution in [0.2, 0.25) is 10.0 Å². The van der Waals surface area contributed by atoms with E-state index in [2.05, 4.69) is 5.32 Å². The van der Waals surface area contributed by atoms with Gasteiger partial charge in [0.2, 0.25) is 11.8 Å². The highest BCUT2D eigenvalue weighted by Crippen LogP contribution is 2.29. The Morgan fingerprint density at radius 1 is 0.900 bits per heavy atom. The summed E-state index contributed by atoms with van der Waals surface area (Å²) in [5.74, 6) is -0.949. The van der Waals surface area contributed by atoms with Crippen LogP contribution in [0.1, 0.15) is 43.9 Å². The van der Waals surface area contributed by atoms with Crippen LogP contribution in [0.25, 0.3) is 0 Å². The second-order valence-electron chi connectivity index (χ2n) is 9.81. The normalized spacial score (nSPS) is 12.9. The summed E-state index contributed by atoms with van der Waals surface area (Å²) in [5, 5.41) is 3.58. The lowest BCUT2D eigenvalue weighted by Gasteiger charge is -2.33. The highest BCUT2D eigenvalue weighted by atomic mass is 35.5. The first-order chi connectivity index (χ1) is 18.9. The maximum Gasteiger partial charge on any atom is 0.264 e. The number of carbonyl (C=O) groups excluding carboxylic acids is 2. The predicted molar refractivity (Wildman–Crippen MR) is 161 cm³/mol. The summed E-state index contributed by atoms with van der Waals surface area (Å²) in [6.07, 6.45) is 0.707. The topological polar surface area (TPSA) is 86.8 Å². The Labute approximate surface area is 247 Å². The molecule has 2 atom stereocenters. The number of sulfonamides is 1. The second-order valence-corrected chi connectivity index (χ2v) is 12.5. The van der Waals surface area contributed by atoms with E-state index >= 15 is 0 Å². The zero-order valence-electron chi connectivity index (χ0n) is 23.3. The lowest BCUT2D eigenvalue weighted by molar-refractivity contribution is -0.139. The van der Waals surface area contributed by atoms with Gasteiger partial charge in [-0.2, -0.15) is 0 Å². The third-order valence-corrected chi connectivity index (χ3v) is 9.44. The number of benzene rings is 3. The van der Waals surface area contributed by atoms with E-state index in [-0.39, 0.29) is 23.4 Å². The van der Waals surface area contributed by atoms with E-state index in [9.17, 15) is 18.0 Å². The number of nitrogens with one attached hydrogen (secondary N) is 1. The molecule has 0 radical (unpaired) electrons. The van der Waals surface area contributed by atoms with Gasteiger partial charge in [-0.05, 0) is 81.6 Å². The van der Waals surface area contributed by atoms with Gasteiger partial charge in [0.25, 0.3) is 10.0 Å². The zero-order valence-corrected chi connectivity index (χ0v) is 25.6. The average molecular weight is 605 g/mol. The molecule has 0 saturated carbocycles. The number of hydrogen-bond acceptors (Lipinski definition) is 4. The Balaban J connectivity index is 2.08. The van der Waals surface area contributed by atoms with Crippen molar-refractivity contribution in [3.05, 3.63) is 93.5 Å². The first kappa shape index (κ1) is 31.5. The van der Waals surface area contributed by atoms with Crippen molar-refractivity contribution in [2.24, 2.45) is 0 Å². The van der Waals surface area contributed by atoms with Gasteiger partial charge in [0.1, 0.15) is 12.6 Å². The molecule has 0 aromatic heterocycles. The number of amides is 2. The van der Waals surface area contributed by atoms with Crippen LogP contribution >= 0.6 is 23.2 Å². The molecule has 1 N–H and O–H groups in total. The number of nitrogens with zero attached hydrogens (tertiary/aromatic N) is 2. The smallest absolute Gasteiger partial charge is 0.264 e. The highest BCUT2D eigenvalue weighted by molar-refractivity contribution is 7.92. The molecule has 7 nitrogen and oxygen atoms in total. The number of hydrogen-bond donors (Lipinski definition) is 1. The maximum atomic E-state index is 14.0. The lowest BCUT2D eigenvalue weighted by atomic mass is 10.1. The summed E-state index contributed by atoms with van der Waals surface area (Å²) in [6, 6.07) is 17.1. The number of carbonyl (C=O) groups is 2. The largest absolute Gasteiger partial charge is 0.352 e. The summed E-state index contributed by atoms with van der Waals surface area (Å²) in [6.45, 7) is 8.59. The Kier molecular flexibility index (Phi) is 10.6. The van der Waals surface area contributed by atoms with Gasteiger partial charge in [0, 0.05) is 28.2 Å². The SMILES string of the molecule is CC[C@@H](C)NC(=O)[C@H](C)N(Cc1c(Cl)cccc1Cl)C(=O)CN(c1ccc(C)c(C)c1)S(=O)(=O)c1ccccc1. The van der Waals surface area contributed by atoms with Gasteiger partial charge in [-0.25, -0.2) is 8.42 Å². The maximum absolute atomic E-state index is 14.0. The first-order valence-corrected chi connectivity index (χ1v) is 15.2. The number of halogens is 2. The quantitative estimate of drug-likeness (QED) is 0.285. The number of aryl methyl sites for hydroxylation is 2. The van der Waals surface area contributed by atoms with E-state index in [1.54, 1.807) is 55.5 Å². The van der Waals surface area contributed by atoms with Gasteiger partial charge < -0.3 is 10.2 Å². The van der Waals surface area contributed by atoms with Gasteiger partial charge in [-0.3, -0.25) is 13.9 Å². The van der Waals surface area contributed by atoms with E-state index in [1.165, 1.54) is 17.0 Å². The van der Waals surface area contributed by atoms with Crippen molar-refractivity contribution in [3.63, 3.8) is 0 Å². The first-order valence-electron chi connectivity index (χ1n) is 13.0. The van der Waals surface area contributed by atoms with Crippen molar-refractivity contribution in [2.45, 2.75) is 64.6 Å². The van der Waals surface area contributed by atoms with Gasteiger partial charge in [-0.15, -0.1) is 0 Å². The molecule has 0 aliphatic rings. The Bertz CT molecular complexity index is 1440. The minimum Gasteiger partial charge on any atom is -0.352 e. The van der Waals surface area contributed by atoms with Crippen LogP contribution in [0.15, 0.2) is 71.6 Å². The fourth-order valence-electron chi connectivity index (χ4n) is 4.03. The molecular weight excluding hydrogens is 569 g/mol. The molecule has 3 rings (SSSR count). The van der Waals surface area contributed by atoms with Crippen molar-refractivity contribution < 1.29 is 18.0 Å². The van der Waals surface area contributed by atoms with Gasteiger partial charge in [0.05, 0.1) is 10.6 Å². The average Bonchev–Trinajstić information content (AvgIpc) is 2.93. The molecule has 0 fully saturated rings. The predicted octanol–water partition coefficient (Wildman–Crippen LogP) is 6.14. The fraction of sp³-hybridized carbons (Fsp3) is 0.333. The van der Waals surface area contributed by atoms with Gasteiger partial charge in [-0.1, -0.05) is 60.5 Å². The van der Waals surface area contributed by atoms with Crippen molar-refractivity contribution in [3.8, 4) is 0 Å². The third-order valence-electron chi connectivity index (χ3n) is 6.95. The van der Waals surface area contributed by atoms with Crippen LogP contribution in [-0.4, -0.2) is 43.8 Å². The highest BCUT2D eigenvalue weighted by Gasteiger charge is 2.33. The Morgan fingerprint density at radius 3 is 2.10 bits per heavy atom. The summed E-state index contributed by atoms with van der Waals surface area (Å²) >= 11 is 12.9. The van der Waals surface area contributed by atoms with Gasteiger partial charge >= 0.3 is 0 Å². The van der Waals surface area contributed by atoms with E-state index in [4.69, 9.17) is 23.2 Å². The second kappa shape index (κ2) is 13.5. The minimum absolute atomic E-state index is 0.0456. The van der Waals surface area contributed by atoms with E-state index in [0.29, 0.717) is 27.7 Å². The van der Waals surface area contributed by atoms with Crippen molar-refractivity contribution in [1.29, 1.82) is 0 Å². The zero-order chi connectivity index (χ0) is 29.6. The Hall–Kier alpha value is -3.07. The molecule has 0 heterocycles. The molecule has 3 aromatic rings. The van der Waals surface area contributed by atoms with Crippen molar-refractivity contribution in [1.82, 2.24) is 10.2 Å².